The van der Waals surface area contributed by atoms with Crippen LogP contribution in [0.5, 0.6) is 0 Å². The molecule has 1 aliphatic heterocycles. The minimum absolute atomic E-state index is 0.127. The summed E-state index contributed by atoms with van der Waals surface area (Å²) in [6.45, 7) is -1.39. The molecule has 3 rings (SSSR count). The highest BCUT2D eigenvalue weighted by atomic mass is 19.3. The zero-order chi connectivity index (χ0) is 20.3. The van der Waals surface area contributed by atoms with Crippen LogP contribution in [0.4, 0.5) is 8.78 Å². The molecule has 0 aliphatic carbocycles. The molecule has 7 nitrogen and oxygen atoms in total. The number of nitrogens with zero attached hydrogens (tertiary/aromatic N) is 2. The predicted octanol–water partition coefficient (Wildman–Crippen LogP) is 1.53. The Kier molecular flexibility index (Phi) is 5.22. The number of carbonyl (C=O) groups is 2. The first-order valence-electron chi connectivity index (χ1n) is 8.44. The summed E-state index contributed by atoms with van der Waals surface area (Å²) in [5.74, 6) is -4.55. The summed E-state index contributed by atoms with van der Waals surface area (Å²) < 4.78 is 26.9. The number of nitrogens with one attached hydrogen (secondary N) is 2. The molecule has 1 aliphatic rings. The largest absolute Gasteiger partial charge is 0.343 e. The van der Waals surface area contributed by atoms with Gasteiger partial charge < -0.3 is 15.2 Å². The average Bonchev–Trinajstić information content (AvgIpc) is 3.01. The number of halogens is 2. The van der Waals surface area contributed by atoms with Gasteiger partial charge in [0.1, 0.15) is 6.04 Å². The van der Waals surface area contributed by atoms with Gasteiger partial charge in [-0.15, -0.1) is 0 Å². The Morgan fingerprint density at radius 1 is 1.32 bits per heavy atom. The van der Waals surface area contributed by atoms with Crippen LogP contribution in [0, 0.1) is 11.3 Å². The molecule has 1 fully saturated rings. The van der Waals surface area contributed by atoms with Crippen LogP contribution >= 0.6 is 0 Å². The Morgan fingerprint density at radius 2 is 2.04 bits per heavy atom. The molecular weight excluding hydrogens is 370 g/mol. The van der Waals surface area contributed by atoms with E-state index in [1.54, 1.807) is 36.4 Å². The van der Waals surface area contributed by atoms with Crippen LogP contribution in [0.2, 0.25) is 0 Å². The number of hydrogen-bond acceptors (Lipinski definition) is 4. The van der Waals surface area contributed by atoms with Gasteiger partial charge in [0.05, 0.1) is 24.7 Å². The second-order valence-corrected chi connectivity index (χ2v) is 6.40. The zero-order valence-electron chi connectivity index (χ0n) is 14.6. The molecule has 0 spiro atoms. The van der Waals surface area contributed by atoms with E-state index in [0.29, 0.717) is 11.1 Å². The fourth-order valence-corrected chi connectivity index (χ4v) is 3.06. The van der Waals surface area contributed by atoms with Gasteiger partial charge in [-0.3, -0.25) is 14.4 Å². The molecule has 2 N–H and O–H groups in total. The van der Waals surface area contributed by atoms with E-state index >= 15 is 0 Å². The molecule has 2 aromatic rings. The van der Waals surface area contributed by atoms with Crippen molar-refractivity contribution < 1.29 is 18.4 Å². The maximum Gasteiger partial charge on any atom is 0.268 e. The van der Waals surface area contributed by atoms with Gasteiger partial charge in [0.15, 0.2) is 0 Å². The van der Waals surface area contributed by atoms with E-state index in [4.69, 9.17) is 5.26 Å². The number of hydrogen-bond donors (Lipinski definition) is 2. The molecule has 2 heterocycles. The van der Waals surface area contributed by atoms with E-state index in [1.165, 1.54) is 12.3 Å². The number of nitriles is 1. The van der Waals surface area contributed by atoms with E-state index in [-0.39, 0.29) is 5.56 Å². The summed E-state index contributed by atoms with van der Waals surface area (Å²) in [6, 6.07) is 10.4. The molecule has 2 amide bonds. The Bertz CT molecular complexity index is 998. The average molecular weight is 386 g/mol. The van der Waals surface area contributed by atoms with Gasteiger partial charge in [-0.05, 0) is 5.56 Å². The Balaban J connectivity index is 1.75. The van der Waals surface area contributed by atoms with E-state index in [0.717, 1.165) is 4.90 Å². The molecule has 9 heteroatoms. The van der Waals surface area contributed by atoms with Crippen LogP contribution in [0.1, 0.15) is 16.8 Å². The van der Waals surface area contributed by atoms with Crippen molar-refractivity contribution in [3.63, 3.8) is 0 Å². The monoisotopic (exact) mass is 386 g/mol. The Labute approximate surface area is 158 Å². The summed E-state index contributed by atoms with van der Waals surface area (Å²) in [5.41, 5.74) is 0.732. The van der Waals surface area contributed by atoms with Crippen molar-refractivity contribution in [2.24, 2.45) is 0 Å². The number of pyridine rings is 1. The van der Waals surface area contributed by atoms with Crippen molar-refractivity contribution in [3.05, 3.63) is 58.5 Å². The smallest absolute Gasteiger partial charge is 0.268 e. The fraction of sp³-hybridized carbons (Fsp3) is 0.263. The van der Waals surface area contributed by atoms with Crippen LogP contribution in [-0.4, -0.2) is 46.8 Å². The van der Waals surface area contributed by atoms with Gasteiger partial charge in [-0.25, -0.2) is 8.78 Å². The maximum absolute atomic E-state index is 13.5. The summed E-state index contributed by atoms with van der Waals surface area (Å²) in [7, 11) is 0. The highest BCUT2D eigenvalue weighted by molar-refractivity contribution is 6.01. The molecule has 0 radical (unpaired) electrons. The number of rotatable bonds is 4. The molecule has 144 valence electrons. The Morgan fingerprint density at radius 3 is 2.71 bits per heavy atom. The zero-order valence-corrected chi connectivity index (χ0v) is 14.6. The Hall–Kier alpha value is -3.54. The van der Waals surface area contributed by atoms with Crippen molar-refractivity contribution in [2.45, 2.75) is 18.4 Å². The van der Waals surface area contributed by atoms with Crippen LogP contribution in [0.3, 0.4) is 0 Å². The maximum atomic E-state index is 13.5. The number of amides is 2. The molecule has 1 aromatic carbocycles. The highest BCUT2D eigenvalue weighted by Crippen LogP contribution is 2.31. The highest BCUT2D eigenvalue weighted by Gasteiger charge is 2.47. The van der Waals surface area contributed by atoms with Crippen LogP contribution in [0.25, 0.3) is 11.1 Å². The van der Waals surface area contributed by atoms with Crippen molar-refractivity contribution in [2.75, 3.05) is 13.1 Å². The summed E-state index contributed by atoms with van der Waals surface area (Å²) in [6.07, 6.45) is 0.508. The van der Waals surface area contributed by atoms with E-state index in [1.807, 2.05) is 0 Å². The lowest BCUT2D eigenvalue weighted by molar-refractivity contribution is -0.131. The third kappa shape index (κ3) is 4.06. The number of H-pyrrole nitrogens is 1. The molecular formula is C19H16F2N4O3. The van der Waals surface area contributed by atoms with Crippen LogP contribution in [0.15, 0.2) is 47.4 Å². The fourth-order valence-electron chi connectivity index (χ4n) is 3.06. The van der Waals surface area contributed by atoms with Crippen molar-refractivity contribution >= 4 is 11.8 Å². The standard InChI is InChI=1S/C19H16F2N4O3/c20-19(21)7-13(8-22)25(11-19)17(27)10-24-18(28)15-9-23-16(26)6-14(15)12-4-2-1-3-5-12/h1-6,9,13H,7,10-11H2,(H,23,26)(H,24,28)/t13-/m0/s1. The number of aromatic nitrogens is 1. The molecule has 0 unspecified atom stereocenters. The first kappa shape index (κ1) is 19.2. The summed E-state index contributed by atoms with van der Waals surface area (Å²) in [5, 5.41) is 11.3. The van der Waals surface area contributed by atoms with Gasteiger partial charge >= 0.3 is 0 Å². The molecule has 1 atom stereocenters. The second kappa shape index (κ2) is 7.60. The van der Waals surface area contributed by atoms with Crippen molar-refractivity contribution in [1.82, 2.24) is 15.2 Å². The third-order valence-corrected chi connectivity index (χ3v) is 4.39. The van der Waals surface area contributed by atoms with Gasteiger partial charge in [-0.1, -0.05) is 30.3 Å². The second-order valence-electron chi connectivity index (χ2n) is 6.40. The van der Waals surface area contributed by atoms with Crippen molar-refractivity contribution in [1.29, 1.82) is 5.26 Å². The lowest BCUT2D eigenvalue weighted by Crippen LogP contribution is -2.43. The molecule has 1 aromatic heterocycles. The summed E-state index contributed by atoms with van der Waals surface area (Å²) >= 11 is 0. The van der Waals surface area contributed by atoms with Gasteiger partial charge in [0, 0.05) is 24.2 Å². The normalized spacial score (nSPS) is 17.8. The number of carbonyl (C=O) groups excluding carboxylic acids is 2. The van der Waals surface area contributed by atoms with E-state index in [9.17, 15) is 23.2 Å². The number of alkyl halides is 2. The number of benzene rings is 1. The number of aromatic amines is 1. The van der Waals surface area contributed by atoms with Crippen molar-refractivity contribution in [3.8, 4) is 17.2 Å². The predicted molar refractivity (Wildman–Crippen MR) is 95.5 cm³/mol. The molecule has 0 bridgehead atoms. The quantitative estimate of drug-likeness (QED) is 0.831. The molecule has 0 saturated carbocycles. The van der Waals surface area contributed by atoms with Crippen LogP contribution < -0.4 is 10.9 Å². The third-order valence-electron chi connectivity index (χ3n) is 4.39. The topological polar surface area (TPSA) is 106 Å². The molecule has 1 saturated heterocycles. The summed E-state index contributed by atoms with van der Waals surface area (Å²) in [4.78, 5) is 39.6. The van der Waals surface area contributed by atoms with Gasteiger partial charge in [-0.2, -0.15) is 5.26 Å². The van der Waals surface area contributed by atoms with Crippen LogP contribution in [-0.2, 0) is 4.79 Å². The first-order valence-corrected chi connectivity index (χ1v) is 8.44. The minimum atomic E-state index is -3.13. The minimum Gasteiger partial charge on any atom is -0.343 e. The lowest BCUT2D eigenvalue weighted by Gasteiger charge is -2.19. The first-order chi connectivity index (χ1) is 13.3. The SMILES string of the molecule is N#C[C@@H]1CC(F)(F)CN1C(=O)CNC(=O)c1c[nH]c(=O)cc1-c1ccccc1. The van der Waals surface area contributed by atoms with E-state index in [2.05, 4.69) is 10.3 Å². The van der Waals surface area contributed by atoms with Gasteiger partial charge in [0.25, 0.3) is 11.8 Å². The lowest BCUT2D eigenvalue weighted by atomic mass is 10.0. The molecule has 28 heavy (non-hydrogen) atoms. The van der Waals surface area contributed by atoms with Gasteiger partial charge in [0.2, 0.25) is 11.5 Å². The number of likely N-dealkylation sites (tertiary alicyclic amines) is 1. The van der Waals surface area contributed by atoms with E-state index < -0.39 is 48.8 Å².